The molecule has 3 atom stereocenters. The van der Waals surface area contributed by atoms with Gasteiger partial charge in [-0.25, -0.2) is 0 Å². The molecule has 80 valence electrons. The fourth-order valence-electron chi connectivity index (χ4n) is 2.92. The van der Waals surface area contributed by atoms with E-state index in [-0.39, 0.29) is 6.04 Å². The Kier molecular flexibility index (Phi) is 2.26. The third kappa shape index (κ3) is 1.58. The Morgan fingerprint density at radius 2 is 2.20 bits per heavy atom. The predicted octanol–water partition coefficient (Wildman–Crippen LogP) is 1.65. The summed E-state index contributed by atoms with van der Waals surface area (Å²) in [6, 6.07) is 1.36. The van der Waals surface area contributed by atoms with Crippen molar-refractivity contribution >= 4 is 0 Å². The minimum Gasteiger partial charge on any atom is -0.324 e. The van der Waals surface area contributed by atoms with Crippen LogP contribution in [0.15, 0.2) is 35.5 Å². The molecule has 1 heterocycles. The van der Waals surface area contributed by atoms with Crippen LogP contribution in [-0.2, 0) is 0 Å². The van der Waals surface area contributed by atoms with E-state index in [1.54, 1.807) is 0 Å². The zero-order valence-corrected chi connectivity index (χ0v) is 8.95. The van der Waals surface area contributed by atoms with Crippen molar-refractivity contribution in [3.63, 3.8) is 0 Å². The first kappa shape index (κ1) is 9.37. The lowest BCUT2D eigenvalue weighted by Gasteiger charge is -2.39. The van der Waals surface area contributed by atoms with Gasteiger partial charge >= 0.3 is 0 Å². The van der Waals surface area contributed by atoms with Crippen LogP contribution in [-0.4, -0.2) is 18.1 Å². The molecular weight excluding hydrogens is 184 g/mol. The predicted molar refractivity (Wildman–Crippen MR) is 62.5 cm³/mol. The van der Waals surface area contributed by atoms with E-state index in [2.05, 4.69) is 29.6 Å². The molecular formula is C13H18N2. The van der Waals surface area contributed by atoms with Gasteiger partial charge in [-0.2, -0.15) is 0 Å². The van der Waals surface area contributed by atoms with Crippen LogP contribution in [0.1, 0.15) is 25.7 Å². The number of allylic oxidation sites excluding steroid dienone is 2. The first-order valence-electron chi connectivity index (χ1n) is 5.94. The molecule has 3 unspecified atom stereocenters. The van der Waals surface area contributed by atoms with E-state index in [0.717, 1.165) is 12.8 Å². The van der Waals surface area contributed by atoms with Crippen molar-refractivity contribution in [3.05, 3.63) is 35.5 Å². The molecule has 0 aromatic carbocycles. The molecule has 3 N–H and O–H groups in total. The molecule has 0 radical (unpaired) electrons. The lowest BCUT2D eigenvalue weighted by Crippen LogP contribution is -2.50. The lowest BCUT2D eigenvalue weighted by atomic mass is 9.79. The second-order valence-corrected chi connectivity index (χ2v) is 4.78. The fourth-order valence-corrected chi connectivity index (χ4v) is 2.92. The van der Waals surface area contributed by atoms with Crippen LogP contribution >= 0.6 is 0 Å². The molecule has 3 aliphatic rings. The zero-order chi connectivity index (χ0) is 10.3. The van der Waals surface area contributed by atoms with E-state index in [0.29, 0.717) is 12.1 Å². The third-order valence-corrected chi connectivity index (χ3v) is 3.77. The second-order valence-electron chi connectivity index (χ2n) is 4.78. The molecule has 1 aliphatic heterocycles. The monoisotopic (exact) mass is 202 g/mol. The SMILES string of the molecule is NC1CCCC2NC3CC=CC=C3C=C12. The summed E-state index contributed by atoms with van der Waals surface area (Å²) < 4.78 is 0. The fraction of sp³-hybridized carbons (Fsp3) is 0.538. The number of nitrogens with two attached hydrogens (primary N) is 1. The summed E-state index contributed by atoms with van der Waals surface area (Å²) in [4.78, 5) is 0. The zero-order valence-electron chi connectivity index (χ0n) is 8.95. The van der Waals surface area contributed by atoms with Crippen molar-refractivity contribution in [2.75, 3.05) is 0 Å². The molecule has 2 aliphatic carbocycles. The molecule has 2 heteroatoms. The van der Waals surface area contributed by atoms with E-state index in [1.165, 1.54) is 24.0 Å². The van der Waals surface area contributed by atoms with E-state index in [9.17, 15) is 0 Å². The van der Waals surface area contributed by atoms with Crippen LogP contribution in [0.25, 0.3) is 0 Å². The van der Waals surface area contributed by atoms with Crippen LogP contribution in [0.2, 0.25) is 0 Å². The van der Waals surface area contributed by atoms with Crippen LogP contribution in [0.4, 0.5) is 0 Å². The maximum atomic E-state index is 6.16. The average molecular weight is 202 g/mol. The molecule has 3 rings (SSSR count). The van der Waals surface area contributed by atoms with Gasteiger partial charge in [0.2, 0.25) is 0 Å². The lowest BCUT2D eigenvalue weighted by molar-refractivity contribution is 0.386. The Balaban J connectivity index is 1.95. The molecule has 0 aromatic heterocycles. The van der Waals surface area contributed by atoms with E-state index in [4.69, 9.17) is 5.73 Å². The summed E-state index contributed by atoms with van der Waals surface area (Å²) in [7, 11) is 0. The van der Waals surface area contributed by atoms with Crippen molar-refractivity contribution in [1.29, 1.82) is 0 Å². The highest BCUT2D eigenvalue weighted by atomic mass is 15.0. The molecule has 15 heavy (non-hydrogen) atoms. The third-order valence-electron chi connectivity index (χ3n) is 3.77. The van der Waals surface area contributed by atoms with Gasteiger partial charge in [0.1, 0.15) is 0 Å². The first-order chi connectivity index (χ1) is 7.34. The molecule has 1 fully saturated rings. The standard InChI is InChI=1S/C13H18N2/c14-11-5-3-7-13-10(11)8-9-4-1-2-6-12(9)15-13/h1-2,4,8,11-13,15H,3,5-7,14H2. The van der Waals surface area contributed by atoms with Gasteiger partial charge < -0.3 is 11.1 Å². The van der Waals surface area contributed by atoms with Gasteiger partial charge in [-0.05, 0) is 36.8 Å². The van der Waals surface area contributed by atoms with Crippen molar-refractivity contribution in [2.24, 2.45) is 5.73 Å². The number of nitrogens with one attached hydrogen (secondary N) is 1. The first-order valence-corrected chi connectivity index (χ1v) is 5.94. The van der Waals surface area contributed by atoms with Gasteiger partial charge in [-0.3, -0.25) is 0 Å². The number of hydrogen-bond donors (Lipinski definition) is 2. The van der Waals surface area contributed by atoms with Crippen LogP contribution in [0.5, 0.6) is 0 Å². The van der Waals surface area contributed by atoms with Crippen LogP contribution < -0.4 is 11.1 Å². The van der Waals surface area contributed by atoms with Crippen molar-refractivity contribution in [3.8, 4) is 0 Å². The van der Waals surface area contributed by atoms with Gasteiger partial charge in [-0.15, -0.1) is 0 Å². The van der Waals surface area contributed by atoms with Crippen LogP contribution in [0.3, 0.4) is 0 Å². The largest absolute Gasteiger partial charge is 0.324 e. The van der Waals surface area contributed by atoms with E-state index in [1.807, 2.05) is 0 Å². The summed E-state index contributed by atoms with van der Waals surface area (Å²) in [6.07, 6.45) is 13.7. The highest BCUT2D eigenvalue weighted by molar-refractivity contribution is 5.42. The Hall–Kier alpha value is -0.860. The van der Waals surface area contributed by atoms with Gasteiger partial charge in [0.15, 0.2) is 0 Å². The Morgan fingerprint density at radius 1 is 1.27 bits per heavy atom. The normalized spacial score (nSPS) is 38.9. The summed E-state index contributed by atoms with van der Waals surface area (Å²) in [5.74, 6) is 0. The molecule has 0 saturated heterocycles. The number of fused-ring (bicyclic) bond motifs is 2. The minimum atomic E-state index is 0.281. The minimum absolute atomic E-state index is 0.281. The number of rotatable bonds is 0. The molecule has 0 amide bonds. The molecule has 0 spiro atoms. The summed E-state index contributed by atoms with van der Waals surface area (Å²) >= 11 is 0. The van der Waals surface area contributed by atoms with Gasteiger partial charge in [0, 0.05) is 18.1 Å². The molecule has 0 aromatic rings. The molecule has 2 nitrogen and oxygen atoms in total. The maximum Gasteiger partial charge on any atom is 0.0360 e. The quantitative estimate of drug-likeness (QED) is 0.627. The molecule has 0 bridgehead atoms. The topological polar surface area (TPSA) is 38.0 Å². The van der Waals surface area contributed by atoms with Crippen LogP contribution in [0, 0.1) is 0 Å². The highest BCUT2D eigenvalue weighted by Gasteiger charge is 2.31. The summed E-state index contributed by atoms with van der Waals surface area (Å²) in [5.41, 5.74) is 9.01. The summed E-state index contributed by atoms with van der Waals surface area (Å²) in [6.45, 7) is 0. The van der Waals surface area contributed by atoms with Gasteiger partial charge in [0.25, 0.3) is 0 Å². The maximum absolute atomic E-state index is 6.16. The van der Waals surface area contributed by atoms with Crippen molar-refractivity contribution in [1.82, 2.24) is 5.32 Å². The Labute approximate surface area is 90.9 Å². The number of hydrogen-bond acceptors (Lipinski definition) is 2. The van der Waals surface area contributed by atoms with Crippen molar-refractivity contribution in [2.45, 2.75) is 43.8 Å². The average Bonchev–Trinajstić information content (AvgIpc) is 2.27. The molecule has 1 saturated carbocycles. The van der Waals surface area contributed by atoms with E-state index >= 15 is 0 Å². The highest BCUT2D eigenvalue weighted by Crippen LogP contribution is 2.31. The van der Waals surface area contributed by atoms with Crippen molar-refractivity contribution < 1.29 is 0 Å². The van der Waals surface area contributed by atoms with Gasteiger partial charge in [0.05, 0.1) is 0 Å². The second kappa shape index (κ2) is 3.62. The van der Waals surface area contributed by atoms with E-state index < -0.39 is 0 Å². The van der Waals surface area contributed by atoms with Gasteiger partial charge in [-0.1, -0.05) is 24.3 Å². The summed E-state index contributed by atoms with van der Waals surface area (Å²) in [5, 5.41) is 3.72. The smallest absolute Gasteiger partial charge is 0.0360 e. The Morgan fingerprint density at radius 3 is 3.13 bits per heavy atom. The Bertz CT molecular complexity index is 352.